The third kappa shape index (κ3) is 3.45. The van der Waals surface area contributed by atoms with Crippen molar-refractivity contribution in [2.24, 2.45) is 0 Å². The topological polar surface area (TPSA) is 37.4 Å². The molecule has 26 heavy (non-hydrogen) atoms. The van der Waals surface area contributed by atoms with E-state index in [9.17, 15) is 0 Å². The van der Waals surface area contributed by atoms with Crippen LogP contribution in [0, 0.1) is 6.92 Å². The van der Waals surface area contributed by atoms with E-state index in [2.05, 4.69) is 51.6 Å². The number of hydrogen-bond donors (Lipinski definition) is 1. The first-order valence-electron chi connectivity index (χ1n) is 9.30. The second-order valence-corrected chi connectivity index (χ2v) is 6.91. The zero-order valence-corrected chi connectivity index (χ0v) is 15.5. The minimum atomic E-state index is 0.826. The summed E-state index contributed by atoms with van der Waals surface area (Å²) in [5.41, 5.74) is 5.40. The SMILES string of the molecule is COc1ccc2c(Nc3ccc(N4CCCCC4)cc3)cc(C)nc2c1. The largest absolute Gasteiger partial charge is 0.497 e. The van der Waals surface area contributed by atoms with Crippen LogP contribution in [0.4, 0.5) is 17.1 Å². The molecule has 2 heterocycles. The van der Waals surface area contributed by atoms with Gasteiger partial charge in [0.2, 0.25) is 0 Å². The van der Waals surface area contributed by atoms with Gasteiger partial charge in [0, 0.05) is 47.3 Å². The summed E-state index contributed by atoms with van der Waals surface area (Å²) >= 11 is 0. The molecule has 0 saturated carbocycles. The van der Waals surface area contributed by atoms with Gasteiger partial charge in [0.15, 0.2) is 0 Å². The van der Waals surface area contributed by atoms with Crippen LogP contribution in [0.1, 0.15) is 25.0 Å². The van der Waals surface area contributed by atoms with Crippen molar-refractivity contribution in [3.63, 3.8) is 0 Å². The summed E-state index contributed by atoms with van der Waals surface area (Å²) in [6.07, 6.45) is 3.95. The number of fused-ring (bicyclic) bond motifs is 1. The van der Waals surface area contributed by atoms with Gasteiger partial charge in [-0.05, 0) is 68.7 Å². The van der Waals surface area contributed by atoms with Crippen molar-refractivity contribution in [3.05, 3.63) is 54.2 Å². The maximum Gasteiger partial charge on any atom is 0.121 e. The van der Waals surface area contributed by atoms with E-state index >= 15 is 0 Å². The zero-order valence-electron chi connectivity index (χ0n) is 15.5. The van der Waals surface area contributed by atoms with Gasteiger partial charge in [-0.1, -0.05) is 0 Å². The van der Waals surface area contributed by atoms with Crippen LogP contribution in [-0.4, -0.2) is 25.2 Å². The molecule has 3 aromatic rings. The fourth-order valence-corrected chi connectivity index (χ4v) is 3.63. The smallest absolute Gasteiger partial charge is 0.121 e. The highest BCUT2D eigenvalue weighted by Crippen LogP contribution is 2.30. The van der Waals surface area contributed by atoms with E-state index in [1.807, 2.05) is 19.1 Å². The summed E-state index contributed by atoms with van der Waals surface area (Å²) in [7, 11) is 1.68. The second-order valence-electron chi connectivity index (χ2n) is 6.91. The Labute approximate surface area is 154 Å². The lowest BCUT2D eigenvalue weighted by atomic mass is 10.1. The molecule has 134 valence electrons. The summed E-state index contributed by atoms with van der Waals surface area (Å²) in [6.45, 7) is 4.36. The lowest BCUT2D eigenvalue weighted by Gasteiger charge is -2.28. The monoisotopic (exact) mass is 347 g/mol. The normalized spacial score (nSPS) is 14.5. The first kappa shape index (κ1) is 16.7. The molecule has 0 amide bonds. The quantitative estimate of drug-likeness (QED) is 0.696. The Kier molecular flexibility index (Phi) is 4.65. The number of methoxy groups -OCH3 is 1. The van der Waals surface area contributed by atoms with Gasteiger partial charge in [-0.2, -0.15) is 0 Å². The summed E-state index contributed by atoms with van der Waals surface area (Å²) in [4.78, 5) is 7.11. The number of pyridine rings is 1. The van der Waals surface area contributed by atoms with Crippen molar-refractivity contribution >= 4 is 28.0 Å². The molecule has 1 aromatic heterocycles. The Morgan fingerprint density at radius 3 is 2.46 bits per heavy atom. The highest BCUT2D eigenvalue weighted by atomic mass is 16.5. The van der Waals surface area contributed by atoms with Crippen molar-refractivity contribution in [3.8, 4) is 5.75 Å². The Morgan fingerprint density at radius 2 is 1.73 bits per heavy atom. The number of nitrogens with one attached hydrogen (secondary N) is 1. The van der Waals surface area contributed by atoms with Crippen molar-refractivity contribution in [1.82, 2.24) is 4.98 Å². The van der Waals surface area contributed by atoms with E-state index in [0.29, 0.717) is 0 Å². The van der Waals surface area contributed by atoms with Crippen LogP contribution >= 0.6 is 0 Å². The van der Waals surface area contributed by atoms with Gasteiger partial charge >= 0.3 is 0 Å². The molecule has 0 spiro atoms. The van der Waals surface area contributed by atoms with Crippen LogP contribution < -0.4 is 15.0 Å². The van der Waals surface area contributed by atoms with E-state index in [0.717, 1.165) is 33.7 Å². The summed E-state index contributed by atoms with van der Waals surface area (Å²) < 4.78 is 5.33. The lowest BCUT2D eigenvalue weighted by Crippen LogP contribution is -2.29. The molecule has 4 nitrogen and oxygen atoms in total. The van der Waals surface area contributed by atoms with E-state index in [1.165, 1.54) is 38.0 Å². The molecule has 0 aliphatic carbocycles. The van der Waals surface area contributed by atoms with Crippen molar-refractivity contribution < 1.29 is 4.74 Å². The Balaban J connectivity index is 1.60. The molecule has 1 saturated heterocycles. The van der Waals surface area contributed by atoms with Gasteiger partial charge in [0.05, 0.1) is 12.6 Å². The van der Waals surface area contributed by atoms with Crippen LogP contribution in [0.3, 0.4) is 0 Å². The highest BCUT2D eigenvalue weighted by molar-refractivity contribution is 5.94. The number of rotatable bonds is 4. The molecule has 2 aromatic carbocycles. The van der Waals surface area contributed by atoms with E-state index in [-0.39, 0.29) is 0 Å². The van der Waals surface area contributed by atoms with Crippen LogP contribution in [0.15, 0.2) is 48.5 Å². The molecule has 1 N–H and O–H groups in total. The molecule has 4 rings (SSSR count). The third-order valence-corrected chi connectivity index (χ3v) is 5.01. The Morgan fingerprint density at radius 1 is 0.962 bits per heavy atom. The summed E-state index contributed by atoms with van der Waals surface area (Å²) in [5, 5.41) is 4.65. The number of nitrogens with zero attached hydrogens (tertiary/aromatic N) is 2. The van der Waals surface area contributed by atoms with Gasteiger partial charge in [0.1, 0.15) is 5.75 Å². The van der Waals surface area contributed by atoms with E-state index in [4.69, 9.17) is 4.74 Å². The zero-order chi connectivity index (χ0) is 17.9. The average Bonchev–Trinajstić information content (AvgIpc) is 2.68. The van der Waals surface area contributed by atoms with Crippen LogP contribution in [-0.2, 0) is 0 Å². The summed E-state index contributed by atoms with van der Waals surface area (Å²) in [5.74, 6) is 0.826. The number of ether oxygens (including phenoxy) is 1. The standard InChI is InChI=1S/C22H25N3O/c1-16-14-21(20-11-10-19(26-2)15-22(20)23-16)24-17-6-8-18(9-7-17)25-12-4-3-5-13-25/h6-11,14-15H,3-5,12-13H2,1-2H3,(H,23,24). The molecule has 1 aliphatic heterocycles. The van der Waals surface area contributed by atoms with E-state index < -0.39 is 0 Å². The van der Waals surface area contributed by atoms with Gasteiger partial charge < -0.3 is 15.0 Å². The van der Waals surface area contributed by atoms with Crippen molar-refractivity contribution in [2.45, 2.75) is 26.2 Å². The molecule has 0 bridgehead atoms. The van der Waals surface area contributed by atoms with Gasteiger partial charge in [-0.15, -0.1) is 0 Å². The minimum absolute atomic E-state index is 0.826. The highest BCUT2D eigenvalue weighted by Gasteiger charge is 2.11. The van der Waals surface area contributed by atoms with Crippen LogP contribution in [0.5, 0.6) is 5.75 Å². The van der Waals surface area contributed by atoms with Crippen molar-refractivity contribution in [1.29, 1.82) is 0 Å². The average molecular weight is 347 g/mol. The predicted molar refractivity (Wildman–Crippen MR) is 109 cm³/mol. The maximum absolute atomic E-state index is 5.33. The first-order valence-corrected chi connectivity index (χ1v) is 9.30. The number of piperidine rings is 1. The third-order valence-electron chi connectivity index (χ3n) is 5.01. The number of benzene rings is 2. The number of anilines is 3. The fourth-order valence-electron chi connectivity index (χ4n) is 3.63. The van der Waals surface area contributed by atoms with E-state index in [1.54, 1.807) is 7.11 Å². The Hall–Kier alpha value is -2.75. The lowest BCUT2D eigenvalue weighted by molar-refractivity contribution is 0.415. The first-order chi connectivity index (χ1) is 12.7. The molecular weight excluding hydrogens is 322 g/mol. The molecule has 4 heteroatoms. The maximum atomic E-state index is 5.33. The van der Waals surface area contributed by atoms with Crippen LogP contribution in [0.2, 0.25) is 0 Å². The van der Waals surface area contributed by atoms with Crippen molar-refractivity contribution in [2.75, 3.05) is 30.4 Å². The Bertz CT molecular complexity index is 899. The number of hydrogen-bond acceptors (Lipinski definition) is 4. The molecule has 0 radical (unpaired) electrons. The molecule has 1 aliphatic rings. The molecular formula is C22H25N3O. The molecule has 0 atom stereocenters. The minimum Gasteiger partial charge on any atom is -0.497 e. The number of aryl methyl sites for hydroxylation is 1. The summed E-state index contributed by atoms with van der Waals surface area (Å²) in [6, 6.07) is 16.9. The van der Waals surface area contributed by atoms with Crippen LogP contribution in [0.25, 0.3) is 10.9 Å². The molecule has 1 fully saturated rings. The fraction of sp³-hybridized carbons (Fsp3) is 0.318. The second kappa shape index (κ2) is 7.24. The molecule has 0 unspecified atom stereocenters. The van der Waals surface area contributed by atoms with Gasteiger partial charge in [-0.3, -0.25) is 4.98 Å². The number of aromatic nitrogens is 1. The van der Waals surface area contributed by atoms with Gasteiger partial charge in [-0.25, -0.2) is 0 Å². The predicted octanol–water partition coefficient (Wildman–Crippen LogP) is 5.29. The van der Waals surface area contributed by atoms with Gasteiger partial charge in [0.25, 0.3) is 0 Å².